The first-order valence-electron chi connectivity index (χ1n) is 24.8. The number of aliphatic hydroxyl groups excluding tert-OH is 1. The van der Waals surface area contributed by atoms with Gasteiger partial charge in [0.1, 0.15) is 48.6 Å². The summed E-state index contributed by atoms with van der Waals surface area (Å²) in [6, 6.07) is 15.3. The molecule has 2 aromatic carbocycles. The zero-order chi connectivity index (χ0) is 48.6. The predicted molar refractivity (Wildman–Crippen MR) is 265 cm³/mol. The largest absolute Gasteiger partial charge is 0.588 e. The van der Waals surface area contributed by atoms with Gasteiger partial charge in [0, 0.05) is 20.0 Å². The lowest BCUT2D eigenvalue weighted by Gasteiger charge is -2.44. The number of phosphoric acid groups is 1. The van der Waals surface area contributed by atoms with E-state index >= 15 is 0 Å². The number of nitrogens with one attached hydrogen (secondary N) is 1. The number of halogens is 3. The maximum atomic E-state index is 14.8. The zero-order valence-electron chi connectivity index (χ0n) is 40.1. The topological polar surface area (TPSA) is 157 Å². The third-order valence-corrected chi connectivity index (χ3v) is 13.2. The van der Waals surface area contributed by atoms with Gasteiger partial charge in [-0.05, 0) is 43.5 Å². The lowest BCUT2D eigenvalue weighted by molar-refractivity contribution is -0.259. The van der Waals surface area contributed by atoms with Gasteiger partial charge in [-0.25, -0.2) is 9.36 Å². The number of carbonyl (C=O) groups excluding carboxylic acids is 2. The Labute approximate surface area is 415 Å². The molecule has 3 rings (SSSR count). The van der Waals surface area contributed by atoms with Gasteiger partial charge < -0.3 is 43.2 Å². The number of methoxy groups -OCH3 is 1. The van der Waals surface area contributed by atoms with Crippen LogP contribution in [0.2, 0.25) is 0 Å². The summed E-state index contributed by atoms with van der Waals surface area (Å²) in [5.41, 5.74) is 0. The molecule has 67 heavy (non-hydrogen) atoms. The number of ether oxygens (including phenoxy) is 5. The van der Waals surface area contributed by atoms with Gasteiger partial charge >= 0.3 is 19.9 Å². The smallest absolute Gasteiger partial charge is 0.462 e. The SMILES string of the molecule is CCCCCCCCCCCCCC(=O)O[C@H](CCCCCCCCCCC)CCO[C@H]1[C@H](OP(=O)(Oc2ccccc2)Oc2ccccc2)[C@@H](COC)OC(O)[C@@H]1NC(=O)OCC(Cl)(Cl)Cl. The molecule has 2 aromatic rings. The molecular formula is C50H79Cl3NO12P. The molecule has 1 fully saturated rings. The summed E-state index contributed by atoms with van der Waals surface area (Å²) in [6.07, 6.45) is 17.5. The van der Waals surface area contributed by atoms with Crippen molar-refractivity contribution in [2.45, 2.75) is 202 Å². The van der Waals surface area contributed by atoms with Crippen molar-refractivity contribution in [3.63, 3.8) is 0 Å². The van der Waals surface area contributed by atoms with E-state index in [9.17, 15) is 19.3 Å². The summed E-state index contributed by atoms with van der Waals surface area (Å²) < 4.78 is 60.3. The second kappa shape index (κ2) is 34.9. The fourth-order valence-electron chi connectivity index (χ4n) is 7.91. The molecule has 382 valence electrons. The molecule has 2 N–H and O–H groups in total. The maximum Gasteiger partial charge on any atom is 0.588 e. The fraction of sp³-hybridized carbons (Fsp3) is 0.720. The van der Waals surface area contributed by atoms with E-state index in [0.717, 1.165) is 44.9 Å². The lowest BCUT2D eigenvalue weighted by Crippen LogP contribution is -2.65. The molecule has 0 radical (unpaired) electrons. The molecule has 0 saturated carbocycles. The zero-order valence-corrected chi connectivity index (χ0v) is 43.3. The number of para-hydroxylation sites is 2. The van der Waals surface area contributed by atoms with Gasteiger partial charge in [-0.1, -0.05) is 201 Å². The molecular weight excluding hydrogens is 944 g/mol. The maximum absolute atomic E-state index is 14.8. The van der Waals surface area contributed by atoms with Crippen LogP contribution >= 0.6 is 42.6 Å². The van der Waals surface area contributed by atoms with Crippen LogP contribution in [0.25, 0.3) is 0 Å². The number of alkyl halides is 3. The summed E-state index contributed by atoms with van der Waals surface area (Å²) in [5, 5.41) is 14.0. The third-order valence-electron chi connectivity index (χ3n) is 11.5. The van der Waals surface area contributed by atoms with Crippen molar-refractivity contribution < 1.29 is 56.5 Å². The molecule has 1 saturated heterocycles. The minimum Gasteiger partial charge on any atom is -0.462 e. The van der Waals surface area contributed by atoms with Gasteiger partial charge in [0.2, 0.25) is 3.79 Å². The number of hydrogen-bond donors (Lipinski definition) is 2. The Morgan fingerprint density at radius 2 is 1.21 bits per heavy atom. The molecule has 0 aliphatic carbocycles. The summed E-state index contributed by atoms with van der Waals surface area (Å²) in [4.78, 5) is 26.5. The van der Waals surface area contributed by atoms with Crippen LogP contribution in [0.3, 0.4) is 0 Å². The Morgan fingerprint density at radius 1 is 0.716 bits per heavy atom. The minimum absolute atomic E-state index is 0.0322. The standard InChI is InChI=1S/C50H79Cl3NO12P/c1-4-6-8-10-12-14-15-17-19-21-29-35-44(55)62-40(30-24-20-18-16-13-11-9-7-5-2)36-37-60-47-45(54-49(57)61-39-50(51,52)53)48(56)63-43(38-59-3)46(47)66-67(58,64-41-31-25-22-26-32-41)65-42-33-27-23-28-34-42/h22-23,25-28,31-34,40,43,45-48,56H,4-21,24,29-30,35-39H2,1-3H3,(H,54,57)/t40-,43-,45-,46-,47-,48?/m1/s1. The molecule has 1 amide bonds. The highest BCUT2D eigenvalue weighted by molar-refractivity contribution is 7.49. The fourth-order valence-corrected chi connectivity index (χ4v) is 9.51. The summed E-state index contributed by atoms with van der Waals surface area (Å²) >= 11 is 17.6. The first kappa shape index (κ1) is 59.0. The summed E-state index contributed by atoms with van der Waals surface area (Å²) in [5.74, 6) is 0.102. The van der Waals surface area contributed by atoms with Crippen LogP contribution in [0.4, 0.5) is 4.79 Å². The Kier molecular flexibility index (Phi) is 30.7. The number of benzene rings is 2. The van der Waals surface area contributed by atoms with Crippen LogP contribution in [-0.2, 0) is 37.6 Å². The molecule has 17 heteroatoms. The number of carbonyl (C=O) groups is 2. The average Bonchev–Trinajstić information content (AvgIpc) is 3.29. The van der Waals surface area contributed by atoms with Gasteiger partial charge in [0.05, 0.1) is 13.2 Å². The molecule has 1 aliphatic heterocycles. The van der Waals surface area contributed by atoms with Crippen molar-refractivity contribution in [3.05, 3.63) is 60.7 Å². The van der Waals surface area contributed by atoms with E-state index in [1.165, 1.54) is 90.6 Å². The number of hydrogen-bond acceptors (Lipinski definition) is 12. The van der Waals surface area contributed by atoms with Crippen LogP contribution in [0.15, 0.2) is 60.7 Å². The number of esters is 1. The molecule has 0 spiro atoms. The minimum atomic E-state index is -4.64. The van der Waals surface area contributed by atoms with E-state index in [1.807, 2.05) is 0 Å². The molecule has 6 atom stereocenters. The van der Waals surface area contributed by atoms with Crippen LogP contribution in [0, 0.1) is 0 Å². The molecule has 0 bridgehead atoms. The predicted octanol–water partition coefficient (Wildman–Crippen LogP) is 13.8. The van der Waals surface area contributed by atoms with Crippen LogP contribution < -0.4 is 14.4 Å². The van der Waals surface area contributed by atoms with Crippen molar-refractivity contribution >= 4 is 54.7 Å². The Balaban J connectivity index is 1.80. The molecule has 1 unspecified atom stereocenters. The van der Waals surface area contributed by atoms with E-state index in [2.05, 4.69) is 19.2 Å². The van der Waals surface area contributed by atoms with Crippen molar-refractivity contribution in [3.8, 4) is 11.5 Å². The van der Waals surface area contributed by atoms with E-state index in [4.69, 9.17) is 72.1 Å². The van der Waals surface area contributed by atoms with Gasteiger partial charge in [0.15, 0.2) is 6.29 Å². The molecule has 0 aromatic heterocycles. The van der Waals surface area contributed by atoms with E-state index < -0.39 is 61.1 Å². The second-order valence-electron chi connectivity index (χ2n) is 17.3. The van der Waals surface area contributed by atoms with Crippen molar-refractivity contribution in [2.75, 3.05) is 26.9 Å². The van der Waals surface area contributed by atoms with Crippen LogP contribution in [0.1, 0.15) is 162 Å². The molecule has 1 heterocycles. The molecule has 1 aliphatic rings. The monoisotopic (exact) mass is 1020 g/mol. The first-order valence-corrected chi connectivity index (χ1v) is 27.4. The first-order chi connectivity index (χ1) is 32.4. The number of amides is 1. The van der Waals surface area contributed by atoms with Gasteiger partial charge in [-0.3, -0.25) is 9.32 Å². The van der Waals surface area contributed by atoms with E-state index in [0.29, 0.717) is 12.8 Å². The Bertz CT molecular complexity index is 1580. The van der Waals surface area contributed by atoms with E-state index in [-0.39, 0.29) is 37.1 Å². The summed E-state index contributed by atoms with van der Waals surface area (Å²) in [6.45, 7) is 3.64. The number of phosphoric ester groups is 1. The highest BCUT2D eigenvalue weighted by Crippen LogP contribution is 2.52. The lowest BCUT2D eigenvalue weighted by atomic mass is 9.96. The van der Waals surface area contributed by atoms with Crippen molar-refractivity contribution in [1.82, 2.24) is 5.32 Å². The van der Waals surface area contributed by atoms with Crippen LogP contribution in [-0.4, -0.2) is 84.6 Å². The highest BCUT2D eigenvalue weighted by atomic mass is 35.6. The van der Waals surface area contributed by atoms with Gasteiger partial charge in [-0.15, -0.1) is 0 Å². The van der Waals surface area contributed by atoms with Crippen LogP contribution in [0.5, 0.6) is 11.5 Å². The van der Waals surface area contributed by atoms with Gasteiger partial charge in [-0.2, -0.15) is 0 Å². The van der Waals surface area contributed by atoms with E-state index in [1.54, 1.807) is 60.7 Å². The number of aliphatic hydroxyl groups is 1. The quantitative estimate of drug-likeness (QED) is 0.0286. The second-order valence-corrected chi connectivity index (χ2v) is 21.3. The summed E-state index contributed by atoms with van der Waals surface area (Å²) in [7, 11) is -3.22. The highest BCUT2D eigenvalue weighted by Gasteiger charge is 2.52. The Morgan fingerprint density at radius 3 is 1.70 bits per heavy atom. The van der Waals surface area contributed by atoms with Crippen molar-refractivity contribution in [1.29, 1.82) is 0 Å². The van der Waals surface area contributed by atoms with Crippen molar-refractivity contribution in [2.24, 2.45) is 0 Å². The Hall–Kier alpha value is -2.32. The normalized spacial score (nSPS) is 19.1. The third kappa shape index (κ3) is 26.5. The average molecular weight is 1020 g/mol. The number of rotatable bonds is 37. The number of alkyl carbamates (subject to hydrolysis) is 1. The van der Waals surface area contributed by atoms with Gasteiger partial charge in [0.25, 0.3) is 0 Å². The molecule has 13 nitrogen and oxygen atoms in total. The number of unbranched alkanes of at least 4 members (excludes halogenated alkanes) is 18.